The first-order chi connectivity index (χ1) is 15.6. The Kier molecular flexibility index (Phi) is 7.84. The molecule has 0 aliphatic rings. The lowest BCUT2D eigenvalue weighted by Gasteiger charge is -2.15. The first kappa shape index (κ1) is 24.4. The molecule has 0 unspecified atom stereocenters. The number of rotatable bonds is 8. The Morgan fingerprint density at radius 3 is 2.36 bits per heavy atom. The third kappa shape index (κ3) is 6.40. The fraction of sp³-hybridized carbons (Fsp3) is 0.125. The van der Waals surface area contributed by atoms with Gasteiger partial charge in [0, 0.05) is 34.1 Å². The van der Waals surface area contributed by atoms with E-state index in [-0.39, 0.29) is 35.1 Å². The van der Waals surface area contributed by atoms with Crippen LogP contribution in [0.25, 0.3) is 0 Å². The van der Waals surface area contributed by atoms with E-state index in [1.807, 2.05) is 0 Å². The van der Waals surface area contributed by atoms with Crippen LogP contribution < -0.4 is 16.4 Å². The minimum Gasteiger partial charge on any atom is -0.370 e. The van der Waals surface area contributed by atoms with Crippen molar-refractivity contribution in [3.05, 3.63) is 86.6 Å². The van der Waals surface area contributed by atoms with Crippen LogP contribution in [0.2, 0.25) is 5.02 Å². The van der Waals surface area contributed by atoms with E-state index in [2.05, 4.69) is 26.6 Å². The third-order valence-corrected chi connectivity index (χ3v) is 5.59. The fourth-order valence-corrected chi connectivity index (χ4v) is 3.77. The van der Waals surface area contributed by atoms with Crippen LogP contribution in [0.3, 0.4) is 0 Å². The maximum atomic E-state index is 13.4. The number of nitrogens with two attached hydrogens (primary N) is 1. The summed E-state index contributed by atoms with van der Waals surface area (Å²) >= 11 is 9.76. The van der Waals surface area contributed by atoms with E-state index in [0.29, 0.717) is 28.2 Å². The lowest BCUT2D eigenvalue weighted by Crippen LogP contribution is -2.17. The van der Waals surface area contributed by atoms with Crippen molar-refractivity contribution in [1.82, 2.24) is 0 Å². The first-order valence-corrected chi connectivity index (χ1v) is 11.1. The van der Waals surface area contributed by atoms with Gasteiger partial charge in [0.15, 0.2) is 5.78 Å². The second kappa shape index (κ2) is 10.6. The number of benzene rings is 3. The molecule has 0 bridgehead atoms. The normalized spacial score (nSPS) is 10.5. The number of nitrogens with one attached hydrogen (secondary N) is 2. The molecule has 0 aliphatic carbocycles. The summed E-state index contributed by atoms with van der Waals surface area (Å²) in [6, 6.07) is 14.1. The molecule has 0 heterocycles. The molecule has 0 atom stereocenters. The van der Waals surface area contributed by atoms with Gasteiger partial charge in [0.1, 0.15) is 5.82 Å². The van der Waals surface area contributed by atoms with Gasteiger partial charge in [-0.05, 0) is 67.1 Å². The highest BCUT2D eigenvalue weighted by molar-refractivity contribution is 9.10. The number of ketones is 1. The summed E-state index contributed by atoms with van der Waals surface area (Å²) < 4.78 is 14.1. The minimum atomic E-state index is -0.558. The molecule has 170 valence electrons. The lowest BCUT2D eigenvalue weighted by atomic mass is 9.99. The number of hydrogen-bond donors (Lipinski definition) is 3. The Labute approximate surface area is 203 Å². The maximum absolute atomic E-state index is 13.4. The van der Waals surface area contributed by atoms with E-state index in [1.54, 1.807) is 43.3 Å². The Bertz CT molecular complexity index is 1250. The van der Waals surface area contributed by atoms with Crippen LogP contribution >= 0.6 is 27.5 Å². The van der Waals surface area contributed by atoms with Crippen molar-refractivity contribution in [2.75, 3.05) is 10.6 Å². The van der Waals surface area contributed by atoms with Gasteiger partial charge in [-0.1, -0.05) is 27.5 Å². The van der Waals surface area contributed by atoms with Crippen LogP contribution in [-0.4, -0.2) is 17.6 Å². The molecule has 0 aromatic heterocycles. The second-order valence-corrected chi connectivity index (χ2v) is 8.64. The van der Waals surface area contributed by atoms with Gasteiger partial charge in [-0.25, -0.2) is 4.39 Å². The average molecular weight is 533 g/mol. The molecule has 0 saturated carbocycles. The minimum absolute atomic E-state index is 0.0350. The van der Waals surface area contributed by atoms with Gasteiger partial charge in [-0.2, -0.15) is 0 Å². The number of primary amides is 1. The molecule has 6 nitrogen and oxygen atoms in total. The van der Waals surface area contributed by atoms with Crippen LogP contribution in [0.5, 0.6) is 0 Å². The summed E-state index contributed by atoms with van der Waals surface area (Å²) in [4.78, 5) is 35.9. The molecule has 3 rings (SSSR count). The molecule has 0 aliphatic heterocycles. The number of amides is 2. The Hall–Kier alpha value is -3.23. The number of carbonyl (C=O) groups excluding carboxylic acids is 3. The highest BCUT2D eigenvalue weighted by Gasteiger charge is 2.16. The molecule has 4 N–H and O–H groups in total. The third-order valence-electron chi connectivity index (χ3n) is 4.78. The van der Waals surface area contributed by atoms with Gasteiger partial charge < -0.3 is 16.4 Å². The summed E-state index contributed by atoms with van der Waals surface area (Å²) in [5.41, 5.74) is 7.92. The molecule has 33 heavy (non-hydrogen) atoms. The molecule has 3 aromatic carbocycles. The zero-order valence-electron chi connectivity index (χ0n) is 17.5. The van der Waals surface area contributed by atoms with Crippen LogP contribution in [-0.2, 0) is 9.59 Å². The average Bonchev–Trinajstić information content (AvgIpc) is 2.74. The van der Waals surface area contributed by atoms with Crippen molar-refractivity contribution in [1.29, 1.82) is 0 Å². The smallest absolute Gasteiger partial charge is 0.224 e. The predicted octanol–water partition coefficient (Wildman–Crippen LogP) is 5.73. The molecule has 3 aromatic rings. The quantitative estimate of drug-likeness (QED) is 0.323. The van der Waals surface area contributed by atoms with Crippen molar-refractivity contribution in [3.8, 4) is 0 Å². The topological polar surface area (TPSA) is 101 Å². The molecular formula is C24H20BrClFN3O3. The summed E-state index contributed by atoms with van der Waals surface area (Å²) in [5, 5.41) is 6.13. The SMILES string of the molecule is Cc1cc(F)ccc1C(=O)c1ccc(Nc2ccc(Br)cc2NC(=O)CCC(N)=O)cc1Cl. The molecule has 0 fully saturated rings. The van der Waals surface area contributed by atoms with Crippen LogP contribution in [0, 0.1) is 12.7 Å². The van der Waals surface area contributed by atoms with Crippen LogP contribution in [0.15, 0.2) is 59.1 Å². The fourth-order valence-electron chi connectivity index (χ4n) is 3.14. The zero-order chi connectivity index (χ0) is 24.1. The van der Waals surface area contributed by atoms with E-state index in [0.717, 1.165) is 4.47 Å². The van der Waals surface area contributed by atoms with Crippen molar-refractivity contribution in [3.63, 3.8) is 0 Å². The molecule has 0 radical (unpaired) electrons. The summed E-state index contributed by atoms with van der Waals surface area (Å²) in [6.45, 7) is 1.66. The van der Waals surface area contributed by atoms with E-state index in [1.165, 1.54) is 18.2 Å². The number of hydrogen-bond acceptors (Lipinski definition) is 4. The van der Waals surface area contributed by atoms with Gasteiger partial charge in [0.25, 0.3) is 0 Å². The summed E-state index contributed by atoms with van der Waals surface area (Å²) in [7, 11) is 0. The highest BCUT2D eigenvalue weighted by atomic mass is 79.9. The number of anilines is 3. The van der Waals surface area contributed by atoms with Gasteiger partial charge in [0.05, 0.1) is 16.4 Å². The number of aryl methyl sites for hydroxylation is 1. The van der Waals surface area contributed by atoms with E-state index >= 15 is 0 Å². The second-order valence-electron chi connectivity index (χ2n) is 7.31. The molecule has 2 amide bonds. The molecule has 9 heteroatoms. The van der Waals surface area contributed by atoms with Crippen molar-refractivity contribution in [2.45, 2.75) is 19.8 Å². The highest BCUT2D eigenvalue weighted by Crippen LogP contribution is 2.31. The molecular weight excluding hydrogens is 513 g/mol. The van der Waals surface area contributed by atoms with Crippen molar-refractivity contribution < 1.29 is 18.8 Å². The van der Waals surface area contributed by atoms with Gasteiger partial charge in [-0.3, -0.25) is 14.4 Å². The first-order valence-electron chi connectivity index (χ1n) is 9.89. The Morgan fingerprint density at radius 1 is 0.970 bits per heavy atom. The lowest BCUT2D eigenvalue weighted by molar-refractivity contribution is -0.122. The van der Waals surface area contributed by atoms with Crippen LogP contribution in [0.4, 0.5) is 21.5 Å². The number of halogens is 3. The van der Waals surface area contributed by atoms with Crippen molar-refractivity contribution in [2.24, 2.45) is 5.73 Å². The summed E-state index contributed by atoms with van der Waals surface area (Å²) in [6.07, 6.45) is -0.0893. The van der Waals surface area contributed by atoms with Gasteiger partial charge >= 0.3 is 0 Å². The molecule has 0 spiro atoms. The largest absolute Gasteiger partial charge is 0.370 e. The van der Waals surface area contributed by atoms with Gasteiger partial charge in [0.2, 0.25) is 11.8 Å². The predicted molar refractivity (Wildman–Crippen MR) is 131 cm³/mol. The van der Waals surface area contributed by atoms with Crippen molar-refractivity contribution >= 4 is 62.2 Å². The number of carbonyl (C=O) groups is 3. The Balaban J connectivity index is 1.82. The monoisotopic (exact) mass is 531 g/mol. The molecule has 0 saturated heterocycles. The summed E-state index contributed by atoms with van der Waals surface area (Å²) in [5.74, 6) is -1.64. The van der Waals surface area contributed by atoms with Gasteiger partial charge in [-0.15, -0.1) is 0 Å². The van der Waals surface area contributed by atoms with Crippen LogP contribution in [0.1, 0.15) is 34.3 Å². The standard InChI is InChI=1S/C24H20BrClFN3O3/c1-13-10-15(27)3-5-17(13)24(33)18-6-4-16(12-19(18)26)29-20-7-2-14(25)11-21(20)30-23(32)9-8-22(28)31/h2-7,10-12,29H,8-9H2,1H3,(H2,28,31)(H,30,32). The zero-order valence-corrected chi connectivity index (χ0v) is 19.9. The van der Waals surface area contributed by atoms with E-state index in [4.69, 9.17) is 17.3 Å². The van der Waals surface area contributed by atoms with E-state index < -0.39 is 11.7 Å². The maximum Gasteiger partial charge on any atom is 0.224 e. The van der Waals surface area contributed by atoms with E-state index in [9.17, 15) is 18.8 Å². The Morgan fingerprint density at radius 2 is 1.70 bits per heavy atom.